The number of ether oxygens (including phenoxy) is 4. The maximum Gasteiger partial charge on any atom is 0.408 e. The molecule has 2 aliphatic rings. The number of nitrogens with zero attached hydrogens (tertiary/aromatic N) is 4. The van der Waals surface area contributed by atoms with E-state index in [0.717, 1.165) is 22.3 Å². The Balaban J connectivity index is 0.000000382. The average molecular weight is 1500 g/mol. The second-order valence-electron chi connectivity index (χ2n) is 32.0. The first-order chi connectivity index (χ1) is 49.6. The topological polar surface area (TPSA) is 296 Å². The van der Waals surface area contributed by atoms with E-state index in [4.69, 9.17) is 27.8 Å². The molecule has 8 atom stereocenters. The molecule has 6 N–H and O–H groups in total. The largest absolute Gasteiger partial charge is 0.543 e. The van der Waals surface area contributed by atoms with Crippen molar-refractivity contribution in [2.75, 3.05) is 20.2 Å². The molecule has 0 radical (unpaired) electrons. The number of aromatic nitrogens is 2. The minimum absolute atomic E-state index is 0.0209. The van der Waals surface area contributed by atoms with Crippen LogP contribution in [0.5, 0.6) is 11.5 Å². The highest BCUT2D eigenvalue weighted by atomic mass is 28.4. The molecule has 6 rings (SSSR count). The van der Waals surface area contributed by atoms with Gasteiger partial charge in [-0.2, -0.15) is 0 Å². The van der Waals surface area contributed by atoms with Crippen molar-refractivity contribution >= 4 is 76.4 Å². The molecule has 0 spiro atoms. The van der Waals surface area contributed by atoms with E-state index >= 15 is 0 Å². The zero-order valence-corrected chi connectivity index (χ0v) is 68.2. The molecule has 2 fully saturated rings. The van der Waals surface area contributed by atoms with Gasteiger partial charge in [-0.25, -0.2) is 15.6 Å². The first-order valence-corrected chi connectivity index (χ1v) is 42.6. The summed E-state index contributed by atoms with van der Waals surface area (Å²) < 4.78 is 35.3. The van der Waals surface area contributed by atoms with E-state index in [9.17, 15) is 38.4 Å². The number of benzene rings is 2. The van der Waals surface area contributed by atoms with Gasteiger partial charge >= 0.3 is 18.0 Å². The van der Waals surface area contributed by atoms with Crippen LogP contribution in [-0.4, -0.2) is 152 Å². The molecule has 2 aromatic carbocycles. The number of pyridine rings is 2. The summed E-state index contributed by atoms with van der Waals surface area (Å²) in [6, 6.07) is 16.7. The van der Waals surface area contributed by atoms with E-state index in [1.54, 1.807) is 104 Å². The average Bonchev–Trinajstić information content (AvgIpc) is 0.823. The van der Waals surface area contributed by atoms with Gasteiger partial charge in [0.2, 0.25) is 34.4 Å². The standard InChI is InChI=1S/C42H63N5O7Si.C38H57N5O7Si/c1-12-14-20-36(52-9)29(5)38(48)45-37(28(3)4)39(49)44-35(26-30-17-15-18-33(25-30)54-55(10,11)42(6,7)8)40(50)47-23-16-19-34(46-47)41(51)53-27-31-21-22-43-32(13-2)24-31;1-12-28-21-27(18-19-39-28)24-48-35(46)30-17-14-20-43(42-30)34(45)31(40-33(44)32(25(2)3)41-36(47)49-37(4,5)6)23-26-15-13-16-29(22-26)50-51(10,11)38(7,8)9/h12-13,15,17-18,21-22,24-25,28-29,34-37,46H,1-2,14,16,19-20,23,26-27H2,3-11H3,(H,44,49)(H,45,48);12-13,15-16,18-19,21-22,25,30-32,42H,1,14,17,20,23-24H2,2-11H3,(H,40,44)(H,41,47)/t29-,34+,35+,36-,37+;30-,31-,32-/m10/s1. The van der Waals surface area contributed by atoms with Gasteiger partial charge in [-0.15, -0.1) is 6.58 Å². The zero-order valence-electron chi connectivity index (χ0n) is 66.2. The second-order valence-corrected chi connectivity index (χ2v) is 41.5. The highest BCUT2D eigenvalue weighted by molar-refractivity contribution is 6.75. The highest BCUT2D eigenvalue weighted by Gasteiger charge is 2.42. The SMILES string of the molecule is C=CCC[C@@H](OC)[C@@H](C)C(=O)N[C@H](C(=O)N[C@@H](Cc1cccc(O[Si](C)(C)C(C)(C)C)c1)C(=O)N1CCC[C@@H](C(=O)OCc2ccnc(C=C)c2)N1)C(C)C.C=Cc1cc(COC(=O)[C@@H]2CCCN(C(=O)[C@H](Cc3cccc(O[Si](C)(C)C(C)(C)C)c3)NC(=O)[C@@H](NC(=O)OC(C)(C)C)C(C)C)N2)ccn1. The van der Waals surface area contributed by atoms with Crippen LogP contribution in [0.15, 0.2) is 111 Å². The molecule has 0 saturated carbocycles. The predicted molar refractivity (Wildman–Crippen MR) is 418 cm³/mol. The summed E-state index contributed by atoms with van der Waals surface area (Å²) in [7, 11) is -2.76. The van der Waals surface area contributed by atoms with E-state index < -0.39 is 106 Å². The minimum Gasteiger partial charge on any atom is -0.543 e. The Bertz CT molecular complexity index is 3660. The Labute approximate surface area is 631 Å². The maximum atomic E-state index is 14.4. The van der Waals surface area contributed by atoms with Gasteiger partial charge in [0.25, 0.3) is 11.8 Å². The monoisotopic (exact) mass is 1500 g/mol. The number of alkyl carbamates (subject to hydrolysis) is 1. The number of hydrogen-bond donors (Lipinski definition) is 6. The summed E-state index contributed by atoms with van der Waals surface area (Å²) in [5, 5.41) is 14.2. The second kappa shape index (κ2) is 39.9. The molecule has 24 nitrogen and oxygen atoms in total. The smallest absolute Gasteiger partial charge is 0.408 e. The number of amides is 6. The van der Waals surface area contributed by atoms with Crippen molar-refractivity contribution < 1.29 is 66.2 Å². The van der Waals surface area contributed by atoms with Crippen molar-refractivity contribution in [3.05, 3.63) is 145 Å². The van der Waals surface area contributed by atoms with Crippen LogP contribution < -0.4 is 41.0 Å². The number of nitrogens with one attached hydrogen (secondary N) is 6. The Morgan fingerprint density at radius 1 is 0.575 bits per heavy atom. The molecule has 0 aliphatic carbocycles. The van der Waals surface area contributed by atoms with E-state index in [1.807, 2.05) is 62.4 Å². The van der Waals surface area contributed by atoms with Gasteiger partial charge in [0, 0.05) is 45.4 Å². The fraction of sp³-hybridized carbons (Fsp3) is 0.550. The van der Waals surface area contributed by atoms with Crippen LogP contribution in [0.25, 0.3) is 12.2 Å². The van der Waals surface area contributed by atoms with Crippen molar-refractivity contribution in [1.29, 1.82) is 0 Å². The summed E-state index contributed by atoms with van der Waals surface area (Å²) in [4.78, 5) is 117. The first-order valence-electron chi connectivity index (χ1n) is 36.8. The van der Waals surface area contributed by atoms with Gasteiger partial charge in [0.15, 0.2) is 0 Å². The van der Waals surface area contributed by atoms with Gasteiger partial charge in [-0.1, -0.05) is 120 Å². The summed E-state index contributed by atoms with van der Waals surface area (Å²) in [6.45, 7) is 47.8. The molecule has 4 heterocycles. The lowest BCUT2D eigenvalue weighted by atomic mass is 9.96. The van der Waals surface area contributed by atoms with Crippen LogP contribution >= 0.6 is 0 Å². The van der Waals surface area contributed by atoms with Crippen LogP contribution in [0.4, 0.5) is 4.79 Å². The molecule has 0 bridgehead atoms. The Morgan fingerprint density at radius 3 is 1.36 bits per heavy atom. The molecule has 4 aromatic rings. The fourth-order valence-electron chi connectivity index (χ4n) is 11.1. The molecule has 6 amide bonds. The van der Waals surface area contributed by atoms with Crippen molar-refractivity contribution in [3.8, 4) is 11.5 Å². The van der Waals surface area contributed by atoms with Crippen LogP contribution in [0.2, 0.25) is 36.3 Å². The predicted octanol–water partition coefficient (Wildman–Crippen LogP) is 12.1. The van der Waals surface area contributed by atoms with E-state index in [0.29, 0.717) is 74.5 Å². The number of carbonyl (C=O) groups excluding carboxylic acids is 8. The first kappa shape index (κ1) is 88.1. The molecule has 582 valence electrons. The molecule has 2 aliphatic heterocycles. The normalized spacial score (nSPS) is 16.7. The quantitative estimate of drug-likeness (QED) is 0.0115. The molecular formula is C80H120N10O14Si2. The Kier molecular flexibility index (Phi) is 33.1. The summed E-state index contributed by atoms with van der Waals surface area (Å²) in [5.74, 6) is -2.95. The third-order valence-electron chi connectivity index (χ3n) is 19.4. The summed E-state index contributed by atoms with van der Waals surface area (Å²) in [5.41, 5.74) is 9.76. The number of methoxy groups -OCH3 is 1. The van der Waals surface area contributed by atoms with E-state index in [1.165, 1.54) is 10.0 Å². The molecule has 2 saturated heterocycles. The van der Waals surface area contributed by atoms with Gasteiger partial charge in [0.05, 0.1) is 23.4 Å². The molecule has 26 heteroatoms. The van der Waals surface area contributed by atoms with E-state index in [2.05, 4.69) is 130 Å². The number of hydrazine groups is 2. The molecular weight excluding hydrogens is 1380 g/mol. The number of allylic oxidation sites excluding steroid dienone is 1. The minimum atomic E-state index is -2.17. The Morgan fingerprint density at radius 2 is 0.991 bits per heavy atom. The summed E-state index contributed by atoms with van der Waals surface area (Å²) in [6.07, 6.45) is 10.7. The third-order valence-corrected chi connectivity index (χ3v) is 28.1. The van der Waals surface area contributed by atoms with Gasteiger partial charge < -0.3 is 49.1 Å². The van der Waals surface area contributed by atoms with Crippen LogP contribution in [0, 0.1) is 17.8 Å². The number of rotatable bonds is 32. The lowest BCUT2D eigenvalue weighted by Crippen LogP contribution is -2.62. The van der Waals surface area contributed by atoms with Gasteiger partial charge in [-0.3, -0.25) is 53.5 Å². The highest BCUT2D eigenvalue weighted by Crippen LogP contribution is 2.39. The summed E-state index contributed by atoms with van der Waals surface area (Å²) >= 11 is 0. The van der Waals surface area contributed by atoms with Gasteiger partial charge in [-0.05, 0) is 190 Å². The van der Waals surface area contributed by atoms with Crippen molar-refractivity contribution in [3.63, 3.8) is 0 Å². The van der Waals surface area contributed by atoms with E-state index in [-0.39, 0.29) is 60.0 Å². The molecule has 0 unspecified atom stereocenters. The third kappa shape index (κ3) is 27.3. The Hall–Kier alpha value is -8.57. The number of hydrogen-bond acceptors (Lipinski definition) is 18. The van der Waals surface area contributed by atoms with Gasteiger partial charge in [0.1, 0.15) is 66.6 Å². The maximum absolute atomic E-state index is 14.4. The fourth-order valence-corrected chi connectivity index (χ4v) is 13.1. The number of carbonyl (C=O) groups is 8. The lowest BCUT2D eigenvalue weighted by molar-refractivity contribution is -0.155. The number of esters is 2. The molecule has 2 aromatic heterocycles. The zero-order chi connectivity index (χ0) is 79.1. The van der Waals surface area contributed by atoms with Crippen LogP contribution in [0.3, 0.4) is 0 Å². The van der Waals surface area contributed by atoms with Crippen LogP contribution in [0.1, 0.15) is 169 Å². The molecule has 106 heavy (non-hydrogen) atoms. The lowest BCUT2D eigenvalue weighted by Gasteiger charge is -2.36. The van der Waals surface area contributed by atoms with Crippen molar-refractivity contribution in [2.24, 2.45) is 17.8 Å². The van der Waals surface area contributed by atoms with Crippen LogP contribution in [-0.2, 0) is 78.6 Å². The van der Waals surface area contributed by atoms with Crippen molar-refractivity contribution in [1.82, 2.24) is 52.1 Å². The van der Waals surface area contributed by atoms with Crippen molar-refractivity contribution in [2.45, 2.75) is 246 Å².